The average Bonchev–Trinajstić information content (AvgIpc) is 2.62. The predicted molar refractivity (Wildman–Crippen MR) is 97.4 cm³/mol. The lowest BCUT2D eigenvalue weighted by Crippen LogP contribution is -2.48. The number of anilines is 2. The van der Waals surface area contributed by atoms with Crippen molar-refractivity contribution in [3.8, 4) is 0 Å². The Labute approximate surface area is 145 Å². The minimum Gasteiger partial charge on any atom is -0.593 e. The molecule has 1 unspecified atom stereocenters. The van der Waals surface area contributed by atoms with Gasteiger partial charge in [0.05, 0.1) is 24.5 Å². The van der Waals surface area contributed by atoms with Crippen LogP contribution in [-0.4, -0.2) is 40.9 Å². The van der Waals surface area contributed by atoms with Crippen LogP contribution in [-0.2, 0) is 16.2 Å². The van der Waals surface area contributed by atoms with Crippen LogP contribution in [0.1, 0.15) is 6.92 Å². The molecule has 1 N–H and O–H groups in total. The first-order chi connectivity index (χ1) is 11.6. The third kappa shape index (κ3) is 4.08. The van der Waals surface area contributed by atoms with E-state index in [0.717, 1.165) is 36.8 Å². The molecule has 126 valence electrons. The largest absolute Gasteiger partial charge is 0.593 e. The summed E-state index contributed by atoms with van der Waals surface area (Å²) < 4.78 is 14.7. The highest BCUT2D eigenvalue weighted by Gasteiger charge is 2.27. The summed E-state index contributed by atoms with van der Waals surface area (Å²) in [4.78, 5) is 14.1. The Morgan fingerprint density at radius 2 is 1.62 bits per heavy atom. The monoisotopic (exact) mass is 343 g/mol. The van der Waals surface area contributed by atoms with Gasteiger partial charge in [-0.25, -0.2) is 0 Å². The molecule has 2 aromatic rings. The molecule has 0 aliphatic carbocycles. The van der Waals surface area contributed by atoms with E-state index < -0.39 is 11.4 Å². The van der Waals surface area contributed by atoms with Gasteiger partial charge in [0.2, 0.25) is 5.91 Å². The van der Waals surface area contributed by atoms with Crippen LogP contribution < -0.4 is 10.2 Å². The van der Waals surface area contributed by atoms with E-state index in [-0.39, 0.29) is 5.91 Å². The lowest BCUT2D eigenvalue weighted by molar-refractivity contribution is -0.114. The molecular formula is C18H21N3O2S. The van der Waals surface area contributed by atoms with Crippen LogP contribution in [0.3, 0.4) is 0 Å². The number of nitrogens with zero attached hydrogens (tertiary/aromatic N) is 2. The summed E-state index contributed by atoms with van der Waals surface area (Å²) >= 11 is -1.17. The Bertz CT molecular complexity index is 670. The maximum Gasteiger partial charge on any atom is 0.221 e. The van der Waals surface area contributed by atoms with Gasteiger partial charge in [0.25, 0.3) is 0 Å². The minimum atomic E-state index is -1.17. The molecule has 0 bridgehead atoms. The Hall–Kier alpha value is -2.02. The Balaban J connectivity index is 1.58. The van der Waals surface area contributed by atoms with E-state index >= 15 is 0 Å². The standard InChI is InChI=1S/C18H21N3O2S/c1-15(22)19-16-7-9-18(10-8-16)24(23)21-13-11-20(12-14-21)17-5-3-2-4-6-17/h2-10H,11-14H2,1H3,(H,19,22). The number of carbonyl (C=O) groups excluding carboxylic acids is 1. The Morgan fingerprint density at radius 1 is 1.00 bits per heavy atom. The molecule has 3 rings (SSSR count). The van der Waals surface area contributed by atoms with Crippen LogP contribution in [0.25, 0.3) is 0 Å². The summed E-state index contributed by atoms with van der Waals surface area (Å²) in [5, 5.41) is 2.72. The van der Waals surface area contributed by atoms with Crippen molar-refractivity contribution < 1.29 is 9.35 Å². The van der Waals surface area contributed by atoms with Crippen molar-refractivity contribution in [2.75, 3.05) is 36.4 Å². The molecular weight excluding hydrogens is 322 g/mol. The molecule has 1 aliphatic heterocycles. The second kappa shape index (κ2) is 7.70. The zero-order chi connectivity index (χ0) is 16.9. The zero-order valence-corrected chi connectivity index (χ0v) is 14.5. The number of nitrogens with one attached hydrogen (secondary N) is 1. The number of benzene rings is 2. The highest BCUT2D eigenvalue weighted by atomic mass is 32.2. The zero-order valence-electron chi connectivity index (χ0n) is 13.6. The summed E-state index contributed by atoms with van der Waals surface area (Å²) in [5.41, 5.74) is 1.93. The van der Waals surface area contributed by atoms with Crippen LogP contribution in [0.4, 0.5) is 11.4 Å². The SMILES string of the molecule is CC(=O)Nc1ccc([S+]([O-])N2CCN(c3ccccc3)CC2)cc1. The smallest absolute Gasteiger partial charge is 0.221 e. The molecule has 1 atom stereocenters. The van der Waals surface area contributed by atoms with E-state index in [0.29, 0.717) is 0 Å². The van der Waals surface area contributed by atoms with E-state index in [2.05, 4.69) is 22.3 Å². The second-order valence-corrected chi connectivity index (χ2v) is 7.19. The molecule has 0 radical (unpaired) electrons. The van der Waals surface area contributed by atoms with Gasteiger partial charge in [-0.15, -0.1) is 4.31 Å². The summed E-state index contributed by atoms with van der Waals surface area (Å²) in [7, 11) is 0. The predicted octanol–water partition coefficient (Wildman–Crippen LogP) is 2.49. The van der Waals surface area contributed by atoms with Gasteiger partial charge in [-0.3, -0.25) is 4.79 Å². The first kappa shape index (κ1) is 16.8. The van der Waals surface area contributed by atoms with Gasteiger partial charge in [-0.2, -0.15) is 0 Å². The fraction of sp³-hybridized carbons (Fsp3) is 0.278. The van der Waals surface area contributed by atoms with E-state index in [1.807, 2.05) is 34.6 Å². The van der Waals surface area contributed by atoms with Gasteiger partial charge < -0.3 is 14.8 Å². The van der Waals surface area contributed by atoms with Crippen molar-refractivity contribution in [1.29, 1.82) is 0 Å². The van der Waals surface area contributed by atoms with Crippen molar-refractivity contribution in [3.63, 3.8) is 0 Å². The number of hydrogen-bond acceptors (Lipinski definition) is 4. The number of para-hydroxylation sites is 1. The third-order valence-corrected chi connectivity index (χ3v) is 5.48. The lowest BCUT2D eigenvalue weighted by Gasteiger charge is -2.35. The van der Waals surface area contributed by atoms with E-state index in [1.54, 1.807) is 12.1 Å². The molecule has 2 aromatic carbocycles. The normalized spacial score (nSPS) is 16.7. The van der Waals surface area contributed by atoms with Crippen LogP contribution in [0.5, 0.6) is 0 Å². The van der Waals surface area contributed by atoms with Crippen molar-refractivity contribution >= 4 is 28.6 Å². The van der Waals surface area contributed by atoms with Crippen LogP contribution >= 0.6 is 0 Å². The van der Waals surface area contributed by atoms with Gasteiger partial charge in [0, 0.05) is 31.4 Å². The first-order valence-corrected chi connectivity index (χ1v) is 9.08. The molecule has 1 heterocycles. The van der Waals surface area contributed by atoms with Crippen molar-refractivity contribution in [3.05, 3.63) is 54.6 Å². The van der Waals surface area contributed by atoms with Gasteiger partial charge >= 0.3 is 0 Å². The maximum absolute atomic E-state index is 12.7. The summed E-state index contributed by atoms with van der Waals surface area (Å²) in [5.74, 6) is -0.110. The Morgan fingerprint density at radius 3 is 2.21 bits per heavy atom. The lowest BCUT2D eigenvalue weighted by atomic mass is 10.2. The quantitative estimate of drug-likeness (QED) is 0.867. The van der Waals surface area contributed by atoms with Crippen LogP contribution in [0, 0.1) is 0 Å². The average molecular weight is 343 g/mol. The molecule has 5 nitrogen and oxygen atoms in total. The molecule has 0 spiro atoms. The van der Waals surface area contributed by atoms with Crippen molar-refractivity contribution in [2.24, 2.45) is 0 Å². The van der Waals surface area contributed by atoms with Crippen molar-refractivity contribution in [2.45, 2.75) is 11.8 Å². The molecule has 0 aromatic heterocycles. The number of carbonyl (C=O) groups is 1. The van der Waals surface area contributed by atoms with Gasteiger partial charge in [-0.05, 0) is 36.4 Å². The van der Waals surface area contributed by atoms with E-state index in [9.17, 15) is 9.35 Å². The molecule has 1 saturated heterocycles. The first-order valence-electron chi connectivity index (χ1n) is 7.98. The van der Waals surface area contributed by atoms with Crippen LogP contribution in [0.15, 0.2) is 59.5 Å². The minimum absolute atomic E-state index is 0.110. The molecule has 1 aliphatic rings. The highest BCUT2D eigenvalue weighted by molar-refractivity contribution is 7.89. The highest BCUT2D eigenvalue weighted by Crippen LogP contribution is 2.22. The Kier molecular flexibility index (Phi) is 5.40. The summed E-state index contributed by atoms with van der Waals surface area (Å²) in [6, 6.07) is 17.5. The van der Waals surface area contributed by atoms with E-state index in [1.165, 1.54) is 12.6 Å². The molecule has 1 amide bonds. The van der Waals surface area contributed by atoms with Gasteiger partial charge in [0.1, 0.15) is 0 Å². The summed E-state index contributed by atoms with van der Waals surface area (Å²) in [6.07, 6.45) is 0. The molecule has 6 heteroatoms. The maximum atomic E-state index is 12.7. The number of rotatable bonds is 4. The van der Waals surface area contributed by atoms with Crippen molar-refractivity contribution in [1.82, 2.24) is 4.31 Å². The summed E-state index contributed by atoms with van der Waals surface area (Å²) in [6.45, 7) is 4.71. The topological polar surface area (TPSA) is 58.6 Å². The van der Waals surface area contributed by atoms with E-state index in [4.69, 9.17) is 0 Å². The third-order valence-electron chi connectivity index (χ3n) is 3.97. The van der Waals surface area contributed by atoms with Gasteiger partial charge in [0.15, 0.2) is 4.90 Å². The second-order valence-electron chi connectivity index (χ2n) is 5.71. The molecule has 24 heavy (non-hydrogen) atoms. The fourth-order valence-corrected chi connectivity index (χ4v) is 3.92. The number of amides is 1. The number of piperazine rings is 1. The molecule has 0 saturated carbocycles. The fourth-order valence-electron chi connectivity index (χ4n) is 2.76. The number of hydrogen-bond donors (Lipinski definition) is 1. The molecule has 1 fully saturated rings. The van der Waals surface area contributed by atoms with Gasteiger partial charge in [-0.1, -0.05) is 18.2 Å². The van der Waals surface area contributed by atoms with Crippen LogP contribution in [0.2, 0.25) is 0 Å².